The van der Waals surface area contributed by atoms with Crippen molar-refractivity contribution in [3.05, 3.63) is 34.9 Å². The Morgan fingerprint density at radius 2 is 1.86 bits per heavy atom. The van der Waals surface area contributed by atoms with E-state index in [1.807, 2.05) is 0 Å². The van der Waals surface area contributed by atoms with Gasteiger partial charge in [-0.2, -0.15) is 0 Å². The quantitative estimate of drug-likeness (QED) is 0.711. The lowest BCUT2D eigenvalue weighted by atomic mass is 10.0. The molecule has 1 N–H and O–H groups in total. The Kier molecular flexibility index (Phi) is 4.68. The Hall–Kier alpha value is -0.820. The number of benzene rings is 1. The summed E-state index contributed by atoms with van der Waals surface area (Å²) in [7, 11) is 0. The summed E-state index contributed by atoms with van der Waals surface area (Å²) in [5.74, 6) is 0. The summed E-state index contributed by atoms with van der Waals surface area (Å²) in [6.07, 6.45) is 4.39. The second-order valence-electron chi connectivity index (χ2n) is 3.96. The minimum atomic E-state index is 0.326. The Morgan fingerprint density at radius 3 is 2.50 bits per heavy atom. The highest BCUT2D eigenvalue weighted by Gasteiger charge is 1.98. The first-order chi connectivity index (χ1) is 6.74. The van der Waals surface area contributed by atoms with Gasteiger partial charge in [-0.1, -0.05) is 30.2 Å². The van der Waals surface area contributed by atoms with Crippen LogP contribution in [-0.2, 0) is 6.42 Å². The average Bonchev–Trinajstić information content (AvgIpc) is 2.15. The third kappa shape index (κ3) is 3.51. The lowest BCUT2D eigenvalue weighted by molar-refractivity contribution is 0.283. The van der Waals surface area contributed by atoms with Crippen LogP contribution >= 0.6 is 0 Å². The van der Waals surface area contributed by atoms with Gasteiger partial charge >= 0.3 is 0 Å². The molecule has 0 aliphatic rings. The first-order valence-corrected chi connectivity index (χ1v) is 5.41. The molecule has 1 aromatic rings. The van der Waals surface area contributed by atoms with Gasteiger partial charge in [0.15, 0.2) is 0 Å². The molecular weight excluding hydrogens is 172 g/mol. The van der Waals surface area contributed by atoms with Crippen LogP contribution in [0.3, 0.4) is 0 Å². The summed E-state index contributed by atoms with van der Waals surface area (Å²) in [6, 6.07) is 6.64. The number of hydrogen-bond donors (Lipinski definition) is 1. The fourth-order valence-corrected chi connectivity index (χ4v) is 1.73. The van der Waals surface area contributed by atoms with Crippen molar-refractivity contribution in [1.29, 1.82) is 0 Å². The highest BCUT2D eigenvalue weighted by molar-refractivity contribution is 5.30. The summed E-state index contributed by atoms with van der Waals surface area (Å²) in [5, 5.41) is 8.65. The Balaban J connectivity index is 2.42. The predicted molar refractivity (Wildman–Crippen MR) is 60.6 cm³/mol. The molecule has 0 radical (unpaired) electrons. The summed E-state index contributed by atoms with van der Waals surface area (Å²) in [5.41, 5.74) is 4.18. The van der Waals surface area contributed by atoms with Crippen molar-refractivity contribution >= 4 is 0 Å². The van der Waals surface area contributed by atoms with Crippen molar-refractivity contribution in [1.82, 2.24) is 0 Å². The smallest absolute Gasteiger partial charge is 0.0431 e. The molecule has 1 heteroatoms. The summed E-state index contributed by atoms with van der Waals surface area (Å²) >= 11 is 0. The normalized spacial score (nSPS) is 10.5. The fraction of sp³-hybridized carbons (Fsp3) is 0.538. The molecule has 0 bridgehead atoms. The summed E-state index contributed by atoms with van der Waals surface area (Å²) < 4.78 is 0. The Bertz CT molecular complexity index is 279. The van der Waals surface area contributed by atoms with Crippen molar-refractivity contribution in [2.24, 2.45) is 0 Å². The SMILES string of the molecule is Cc1ccc(CCCCCO)c(C)c1. The van der Waals surface area contributed by atoms with Gasteiger partial charge in [0.05, 0.1) is 0 Å². The van der Waals surface area contributed by atoms with Crippen molar-refractivity contribution < 1.29 is 5.11 Å². The fourth-order valence-electron chi connectivity index (χ4n) is 1.73. The van der Waals surface area contributed by atoms with Gasteiger partial charge in [0.1, 0.15) is 0 Å². The van der Waals surface area contributed by atoms with Crippen molar-refractivity contribution in [2.75, 3.05) is 6.61 Å². The van der Waals surface area contributed by atoms with Gasteiger partial charge in [-0.15, -0.1) is 0 Å². The van der Waals surface area contributed by atoms with Crippen molar-refractivity contribution in [3.63, 3.8) is 0 Å². The molecule has 0 atom stereocenters. The van der Waals surface area contributed by atoms with E-state index in [2.05, 4.69) is 32.0 Å². The van der Waals surface area contributed by atoms with Crippen molar-refractivity contribution in [2.45, 2.75) is 39.5 Å². The van der Waals surface area contributed by atoms with Gasteiger partial charge in [-0.25, -0.2) is 0 Å². The number of rotatable bonds is 5. The van der Waals surface area contributed by atoms with Crippen LogP contribution < -0.4 is 0 Å². The third-order valence-electron chi connectivity index (χ3n) is 2.60. The molecule has 14 heavy (non-hydrogen) atoms. The molecule has 1 rings (SSSR count). The van der Waals surface area contributed by atoms with E-state index in [0.717, 1.165) is 19.3 Å². The minimum Gasteiger partial charge on any atom is -0.396 e. The maximum atomic E-state index is 8.65. The monoisotopic (exact) mass is 192 g/mol. The van der Waals surface area contributed by atoms with E-state index in [-0.39, 0.29) is 0 Å². The van der Waals surface area contributed by atoms with Gasteiger partial charge in [0.2, 0.25) is 0 Å². The molecule has 1 nitrogen and oxygen atoms in total. The van der Waals surface area contributed by atoms with E-state index in [4.69, 9.17) is 5.11 Å². The summed E-state index contributed by atoms with van der Waals surface area (Å²) in [6.45, 7) is 4.63. The average molecular weight is 192 g/mol. The van der Waals surface area contributed by atoms with Crippen LogP contribution in [0.15, 0.2) is 18.2 Å². The lowest BCUT2D eigenvalue weighted by Crippen LogP contribution is -1.91. The van der Waals surface area contributed by atoms with Crippen LogP contribution in [0, 0.1) is 13.8 Å². The van der Waals surface area contributed by atoms with E-state index in [1.54, 1.807) is 0 Å². The zero-order chi connectivity index (χ0) is 10.4. The second kappa shape index (κ2) is 5.82. The molecular formula is C13H20O. The van der Waals surface area contributed by atoms with Gasteiger partial charge < -0.3 is 5.11 Å². The largest absolute Gasteiger partial charge is 0.396 e. The molecule has 78 valence electrons. The van der Waals surface area contributed by atoms with Crippen LogP contribution in [0.1, 0.15) is 36.0 Å². The van der Waals surface area contributed by atoms with Gasteiger partial charge in [-0.3, -0.25) is 0 Å². The molecule has 0 aliphatic heterocycles. The minimum absolute atomic E-state index is 0.326. The first-order valence-electron chi connectivity index (χ1n) is 5.41. The van der Waals surface area contributed by atoms with Crippen LogP contribution in [0.25, 0.3) is 0 Å². The molecule has 0 amide bonds. The molecule has 1 aromatic carbocycles. The number of unbranched alkanes of at least 4 members (excludes halogenated alkanes) is 2. The van der Waals surface area contributed by atoms with Crippen molar-refractivity contribution in [3.8, 4) is 0 Å². The highest BCUT2D eigenvalue weighted by Crippen LogP contribution is 2.13. The summed E-state index contributed by atoms with van der Waals surface area (Å²) in [4.78, 5) is 0. The molecule has 0 spiro atoms. The molecule has 0 fully saturated rings. The molecule has 0 saturated heterocycles. The van der Waals surface area contributed by atoms with Gasteiger partial charge in [0, 0.05) is 6.61 Å². The molecule has 0 aromatic heterocycles. The van der Waals surface area contributed by atoms with Gasteiger partial charge in [0.25, 0.3) is 0 Å². The number of aliphatic hydroxyl groups is 1. The molecule has 0 aliphatic carbocycles. The Morgan fingerprint density at radius 1 is 1.07 bits per heavy atom. The second-order valence-corrected chi connectivity index (χ2v) is 3.96. The van der Waals surface area contributed by atoms with Crippen LogP contribution in [0.2, 0.25) is 0 Å². The van der Waals surface area contributed by atoms with E-state index < -0.39 is 0 Å². The lowest BCUT2D eigenvalue weighted by Gasteiger charge is -2.06. The van der Waals surface area contributed by atoms with Crippen LogP contribution in [0.4, 0.5) is 0 Å². The van der Waals surface area contributed by atoms with E-state index in [1.165, 1.54) is 23.1 Å². The Labute approximate surface area is 86.8 Å². The highest BCUT2D eigenvalue weighted by atomic mass is 16.2. The number of aliphatic hydroxyl groups excluding tert-OH is 1. The standard InChI is InChI=1S/C13H20O/c1-11-7-8-13(12(2)10-11)6-4-3-5-9-14/h7-8,10,14H,3-6,9H2,1-2H3. The first kappa shape index (κ1) is 11.3. The zero-order valence-electron chi connectivity index (χ0n) is 9.21. The predicted octanol–water partition coefficient (Wildman–Crippen LogP) is 3.01. The topological polar surface area (TPSA) is 20.2 Å². The number of hydrogen-bond acceptors (Lipinski definition) is 1. The van der Waals surface area contributed by atoms with Crippen LogP contribution in [-0.4, -0.2) is 11.7 Å². The van der Waals surface area contributed by atoms with E-state index in [9.17, 15) is 0 Å². The molecule has 0 unspecified atom stereocenters. The zero-order valence-corrected chi connectivity index (χ0v) is 9.21. The maximum Gasteiger partial charge on any atom is 0.0431 e. The molecule has 0 heterocycles. The molecule has 0 saturated carbocycles. The van der Waals surface area contributed by atoms with E-state index >= 15 is 0 Å². The maximum absolute atomic E-state index is 8.65. The van der Waals surface area contributed by atoms with Crippen LogP contribution in [0.5, 0.6) is 0 Å². The number of aryl methyl sites for hydroxylation is 3. The van der Waals surface area contributed by atoms with Gasteiger partial charge in [-0.05, 0) is 44.2 Å². The third-order valence-corrected chi connectivity index (χ3v) is 2.60. The van der Waals surface area contributed by atoms with E-state index in [0.29, 0.717) is 6.61 Å².